The molecule has 3 atom stereocenters. The molecule has 4 rings (SSSR count). The van der Waals surface area contributed by atoms with Crippen LogP contribution in [0.4, 0.5) is 5.69 Å². The van der Waals surface area contributed by atoms with Crippen molar-refractivity contribution in [2.75, 3.05) is 18.0 Å². The Morgan fingerprint density at radius 2 is 1.96 bits per heavy atom. The van der Waals surface area contributed by atoms with Crippen molar-refractivity contribution in [3.8, 4) is 0 Å². The number of anilines is 1. The number of benzene rings is 1. The molecule has 1 aromatic heterocycles. The second-order valence-electron chi connectivity index (χ2n) is 7.55. The molecule has 28 heavy (non-hydrogen) atoms. The predicted molar refractivity (Wildman–Crippen MR) is 102 cm³/mol. The number of ether oxygens (including phenoxy) is 1. The molecule has 0 radical (unpaired) electrons. The summed E-state index contributed by atoms with van der Waals surface area (Å²) < 4.78 is 11.1. The molecule has 3 heterocycles. The fourth-order valence-corrected chi connectivity index (χ4v) is 4.10. The fourth-order valence-electron chi connectivity index (χ4n) is 4.10. The molecule has 148 valence electrons. The van der Waals surface area contributed by atoms with E-state index in [9.17, 15) is 14.7 Å². The first-order valence-corrected chi connectivity index (χ1v) is 9.52. The minimum absolute atomic E-state index is 0.0338. The summed E-state index contributed by atoms with van der Waals surface area (Å²) in [6.45, 7) is 4.82. The van der Waals surface area contributed by atoms with Crippen LogP contribution in [-0.4, -0.2) is 53.2 Å². The molecular weight excluding hydrogens is 360 g/mol. The van der Waals surface area contributed by atoms with Crippen molar-refractivity contribution in [3.05, 3.63) is 53.5 Å². The average molecular weight is 384 g/mol. The van der Waals surface area contributed by atoms with E-state index in [0.717, 1.165) is 12.1 Å². The monoisotopic (exact) mass is 384 g/mol. The maximum Gasteiger partial charge on any atom is 0.334 e. The van der Waals surface area contributed by atoms with Gasteiger partial charge in [0.1, 0.15) is 5.76 Å². The third-order valence-corrected chi connectivity index (χ3v) is 5.46. The summed E-state index contributed by atoms with van der Waals surface area (Å²) in [4.78, 5) is 28.2. The molecule has 0 aliphatic carbocycles. The van der Waals surface area contributed by atoms with Crippen LogP contribution in [0.3, 0.4) is 0 Å². The zero-order valence-electron chi connectivity index (χ0n) is 16.0. The van der Waals surface area contributed by atoms with E-state index in [4.69, 9.17) is 9.15 Å². The van der Waals surface area contributed by atoms with Gasteiger partial charge in [0, 0.05) is 18.3 Å². The Morgan fingerprint density at radius 3 is 2.75 bits per heavy atom. The van der Waals surface area contributed by atoms with E-state index in [-0.39, 0.29) is 18.6 Å². The van der Waals surface area contributed by atoms with E-state index >= 15 is 0 Å². The van der Waals surface area contributed by atoms with Crippen molar-refractivity contribution in [1.29, 1.82) is 0 Å². The molecule has 1 amide bonds. The van der Waals surface area contributed by atoms with Crippen LogP contribution in [0.5, 0.6) is 0 Å². The van der Waals surface area contributed by atoms with Gasteiger partial charge in [0.25, 0.3) is 5.91 Å². The van der Waals surface area contributed by atoms with Gasteiger partial charge >= 0.3 is 5.97 Å². The molecule has 1 fully saturated rings. The van der Waals surface area contributed by atoms with Crippen molar-refractivity contribution in [2.24, 2.45) is 0 Å². The summed E-state index contributed by atoms with van der Waals surface area (Å²) >= 11 is 0. The number of furan rings is 1. The van der Waals surface area contributed by atoms with Gasteiger partial charge in [0.15, 0.2) is 6.10 Å². The summed E-state index contributed by atoms with van der Waals surface area (Å²) in [5, 5.41) is 9.26. The Morgan fingerprint density at radius 1 is 1.18 bits per heavy atom. The molecule has 0 spiro atoms. The van der Waals surface area contributed by atoms with E-state index in [1.807, 2.05) is 12.1 Å². The number of rotatable bonds is 4. The summed E-state index contributed by atoms with van der Waals surface area (Å²) in [7, 11) is 0. The number of carbonyl (C=O) groups is 2. The lowest BCUT2D eigenvalue weighted by Gasteiger charge is -2.35. The number of morpholine rings is 1. The number of carboxylic acid groups (broad SMARTS) is 1. The minimum atomic E-state index is -1.06. The van der Waals surface area contributed by atoms with Crippen molar-refractivity contribution < 1.29 is 23.8 Å². The highest BCUT2D eigenvalue weighted by Crippen LogP contribution is 2.33. The molecule has 7 nitrogen and oxygen atoms in total. The van der Waals surface area contributed by atoms with Gasteiger partial charge < -0.3 is 24.1 Å². The number of para-hydroxylation sites is 1. The molecule has 2 aromatic rings. The Hall–Kier alpha value is -2.80. The van der Waals surface area contributed by atoms with Gasteiger partial charge in [-0.3, -0.25) is 4.79 Å². The van der Waals surface area contributed by atoms with Gasteiger partial charge in [-0.15, -0.1) is 0 Å². The smallest absolute Gasteiger partial charge is 0.334 e. The van der Waals surface area contributed by atoms with Crippen LogP contribution in [0.1, 0.15) is 35.5 Å². The third kappa shape index (κ3) is 3.38. The van der Waals surface area contributed by atoms with Gasteiger partial charge in [-0.25, -0.2) is 4.79 Å². The van der Waals surface area contributed by atoms with Gasteiger partial charge in [0.05, 0.1) is 31.0 Å². The molecule has 0 bridgehead atoms. The first-order chi connectivity index (χ1) is 13.4. The number of nitrogens with zero attached hydrogens (tertiary/aromatic N) is 2. The van der Waals surface area contributed by atoms with Crippen molar-refractivity contribution >= 4 is 17.6 Å². The Kier molecular flexibility index (Phi) is 4.85. The summed E-state index contributed by atoms with van der Waals surface area (Å²) in [6, 6.07) is 10.2. The highest BCUT2D eigenvalue weighted by atomic mass is 16.5. The molecule has 2 aliphatic rings. The highest BCUT2D eigenvalue weighted by Gasteiger charge is 2.35. The van der Waals surface area contributed by atoms with Crippen LogP contribution in [0, 0.1) is 0 Å². The number of aliphatic carboxylic acids is 1. The Bertz CT molecular complexity index is 892. The second kappa shape index (κ2) is 7.31. The average Bonchev–Trinajstić information content (AvgIpc) is 3.25. The second-order valence-corrected chi connectivity index (χ2v) is 7.55. The van der Waals surface area contributed by atoms with Gasteiger partial charge in [0.2, 0.25) is 0 Å². The molecular formula is C21H24N2O5. The molecule has 0 saturated carbocycles. The van der Waals surface area contributed by atoms with Crippen LogP contribution in [-0.2, 0) is 22.5 Å². The standard InChI is InChI=1S/C21H24N2O5/c1-13-9-15-5-3-4-6-17(15)23(13)12-18-16(7-8-27-18)20(24)22-10-14(2)28-19(11-22)21(25)26/h3-8,13-14,19H,9-12H2,1-2H3,(H,25,26)/t13?,14-,19?/m1/s1. The van der Waals surface area contributed by atoms with Gasteiger partial charge in [-0.05, 0) is 38.0 Å². The van der Waals surface area contributed by atoms with Crippen molar-refractivity contribution in [3.63, 3.8) is 0 Å². The van der Waals surface area contributed by atoms with E-state index in [1.165, 1.54) is 11.8 Å². The molecule has 7 heteroatoms. The zero-order chi connectivity index (χ0) is 19.8. The lowest BCUT2D eigenvalue weighted by molar-refractivity contribution is -0.160. The number of hydrogen-bond donors (Lipinski definition) is 1. The largest absolute Gasteiger partial charge is 0.479 e. The van der Waals surface area contributed by atoms with E-state index in [2.05, 4.69) is 24.0 Å². The number of fused-ring (bicyclic) bond motifs is 1. The zero-order valence-corrected chi connectivity index (χ0v) is 16.0. The Balaban J connectivity index is 1.54. The van der Waals surface area contributed by atoms with E-state index in [1.54, 1.807) is 17.9 Å². The quantitative estimate of drug-likeness (QED) is 0.872. The van der Waals surface area contributed by atoms with E-state index < -0.39 is 12.1 Å². The molecule has 2 aliphatic heterocycles. The SMILES string of the molecule is CC1Cc2ccccc2N1Cc1occc1C(=O)N1CC(C(=O)O)O[C@H](C)C1. The summed E-state index contributed by atoms with van der Waals surface area (Å²) in [5.74, 6) is -0.677. The predicted octanol–water partition coefficient (Wildman–Crippen LogP) is 2.54. The fraction of sp³-hybridized carbons (Fsp3) is 0.429. The maximum atomic E-state index is 13.1. The van der Waals surface area contributed by atoms with Crippen LogP contribution >= 0.6 is 0 Å². The topological polar surface area (TPSA) is 83.2 Å². The maximum absolute atomic E-state index is 13.1. The molecule has 1 aromatic carbocycles. The Labute approximate surface area is 163 Å². The number of hydrogen-bond acceptors (Lipinski definition) is 5. The van der Waals surface area contributed by atoms with Crippen molar-refractivity contribution in [1.82, 2.24) is 4.90 Å². The summed E-state index contributed by atoms with van der Waals surface area (Å²) in [5.41, 5.74) is 2.94. The summed E-state index contributed by atoms with van der Waals surface area (Å²) in [6.07, 6.45) is 1.14. The lowest BCUT2D eigenvalue weighted by Crippen LogP contribution is -2.51. The van der Waals surface area contributed by atoms with Crippen LogP contribution in [0.25, 0.3) is 0 Å². The number of amides is 1. The van der Waals surface area contributed by atoms with Gasteiger partial charge in [-0.2, -0.15) is 0 Å². The van der Waals surface area contributed by atoms with Crippen molar-refractivity contribution in [2.45, 2.75) is 45.1 Å². The first kappa shape index (κ1) is 18.6. The minimum Gasteiger partial charge on any atom is -0.479 e. The lowest BCUT2D eigenvalue weighted by atomic mass is 10.1. The number of carboxylic acids is 1. The van der Waals surface area contributed by atoms with Gasteiger partial charge in [-0.1, -0.05) is 18.2 Å². The molecule has 1 N–H and O–H groups in total. The highest BCUT2D eigenvalue weighted by molar-refractivity contribution is 5.95. The van der Waals surface area contributed by atoms with Crippen LogP contribution in [0.15, 0.2) is 41.0 Å². The molecule has 1 saturated heterocycles. The van der Waals surface area contributed by atoms with E-state index in [0.29, 0.717) is 30.5 Å². The third-order valence-electron chi connectivity index (χ3n) is 5.46. The number of carbonyl (C=O) groups excluding carboxylic acids is 1. The van der Waals surface area contributed by atoms with Crippen LogP contribution in [0.2, 0.25) is 0 Å². The van der Waals surface area contributed by atoms with Crippen LogP contribution < -0.4 is 4.90 Å². The normalized spacial score (nSPS) is 24.3. The molecule has 2 unspecified atom stereocenters. The first-order valence-electron chi connectivity index (χ1n) is 9.52.